The van der Waals surface area contributed by atoms with Crippen LogP contribution in [0, 0.1) is 0 Å². The molecule has 0 saturated carbocycles. The van der Waals surface area contributed by atoms with Crippen molar-refractivity contribution in [1.29, 1.82) is 0 Å². The molecule has 1 aromatic heterocycles. The first-order valence-electron chi connectivity index (χ1n) is 4.12. The van der Waals surface area contributed by atoms with Crippen molar-refractivity contribution in [3.63, 3.8) is 0 Å². The third-order valence-electron chi connectivity index (χ3n) is 1.87. The highest BCUT2D eigenvalue weighted by Gasteiger charge is 2.19. The van der Waals surface area contributed by atoms with Gasteiger partial charge in [0, 0.05) is 17.2 Å². The van der Waals surface area contributed by atoms with Gasteiger partial charge >= 0.3 is 0 Å². The van der Waals surface area contributed by atoms with Gasteiger partial charge in [-0.05, 0) is 12.1 Å². The van der Waals surface area contributed by atoms with Gasteiger partial charge in [0.1, 0.15) is 0 Å². The number of nitrogens with zero attached hydrogens (tertiary/aromatic N) is 1. The van der Waals surface area contributed by atoms with Crippen molar-refractivity contribution in [3.8, 4) is 0 Å². The highest BCUT2D eigenvalue weighted by molar-refractivity contribution is 7.94. The van der Waals surface area contributed by atoms with Gasteiger partial charge in [-0.1, -0.05) is 0 Å². The maximum Gasteiger partial charge on any atom is 0.173 e. The molecule has 1 aliphatic rings. The van der Waals surface area contributed by atoms with Gasteiger partial charge in [0.25, 0.3) is 0 Å². The highest BCUT2D eigenvalue weighted by Crippen LogP contribution is 2.11. The van der Waals surface area contributed by atoms with Gasteiger partial charge in [0.15, 0.2) is 9.84 Å². The maximum absolute atomic E-state index is 11.0. The molecule has 0 N–H and O–H groups in total. The molecule has 4 nitrogen and oxygen atoms in total. The number of furan rings is 1. The van der Waals surface area contributed by atoms with E-state index in [-0.39, 0.29) is 11.8 Å². The van der Waals surface area contributed by atoms with Crippen molar-refractivity contribution >= 4 is 16.1 Å². The number of hydrogen-bond donors (Lipinski definition) is 0. The fourth-order valence-corrected chi connectivity index (χ4v) is 2.39. The monoisotopic (exact) mass is 211 g/mol. The van der Waals surface area contributed by atoms with Gasteiger partial charge in [-0.15, -0.1) is 0 Å². The normalized spacial score (nSPS) is 24.7. The molecule has 0 aliphatic carbocycles. The number of rotatable bonds is 2. The molecule has 0 spiro atoms. The predicted octanol–water partition coefficient (Wildman–Crippen LogP) is 1.01. The average molecular weight is 211 g/mol. The van der Waals surface area contributed by atoms with E-state index < -0.39 is 9.84 Å². The van der Waals surface area contributed by atoms with E-state index in [9.17, 15) is 8.42 Å². The molecule has 14 heavy (non-hydrogen) atoms. The second-order valence-electron chi connectivity index (χ2n) is 3.06. The van der Waals surface area contributed by atoms with Gasteiger partial charge in [0.05, 0.1) is 24.3 Å². The smallest absolute Gasteiger partial charge is 0.173 e. The number of aliphatic imine (C=N–C) groups is 1. The van der Waals surface area contributed by atoms with Gasteiger partial charge in [0.2, 0.25) is 0 Å². The van der Waals surface area contributed by atoms with Crippen molar-refractivity contribution < 1.29 is 12.8 Å². The molecule has 5 heteroatoms. The Bertz CT molecular complexity index is 456. The topological polar surface area (TPSA) is 59.6 Å². The van der Waals surface area contributed by atoms with Crippen molar-refractivity contribution in [2.75, 3.05) is 5.75 Å². The first-order chi connectivity index (χ1) is 6.66. The van der Waals surface area contributed by atoms with E-state index in [0.29, 0.717) is 0 Å². The van der Waals surface area contributed by atoms with E-state index >= 15 is 0 Å². The van der Waals surface area contributed by atoms with E-state index in [1.54, 1.807) is 30.9 Å². The first kappa shape index (κ1) is 9.21. The highest BCUT2D eigenvalue weighted by atomic mass is 32.2. The SMILES string of the molecule is O=S1(=O)C=C[C@@H](N=Cc2ccoc2)C1. The van der Waals surface area contributed by atoms with Crippen LogP contribution >= 0.6 is 0 Å². The Kier molecular flexibility index (Phi) is 2.25. The summed E-state index contributed by atoms with van der Waals surface area (Å²) in [5.41, 5.74) is 0.836. The Labute approximate surface area is 81.9 Å². The average Bonchev–Trinajstić information content (AvgIpc) is 2.70. The molecule has 0 aromatic carbocycles. The summed E-state index contributed by atoms with van der Waals surface area (Å²) >= 11 is 0. The lowest BCUT2D eigenvalue weighted by Crippen LogP contribution is -2.08. The quantitative estimate of drug-likeness (QED) is 0.686. The molecule has 0 radical (unpaired) electrons. The first-order valence-corrected chi connectivity index (χ1v) is 5.84. The summed E-state index contributed by atoms with van der Waals surface area (Å²) in [5, 5.41) is 1.21. The fourth-order valence-electron chi connectivity index (χ4n) is 1.18. The Morgan fingerprint density at radius 3 is 3.00 bits per heavy atom. The summed E-state index contributed by atoms with van der Waals surface area (Å²) in [7, 11) is -3.00. The third-order valence-corrected chi connectivity index (χ3v) is 3.25. The number of hydrogen-bond acceptors (Lipinski definition) is 4. The third kappa shape index (κ3) is 2.11. The molecule has 2 heterocycles. The molecule has 0 amide bonds. The van der Waals surface area contributed by atoms with Crippen LogP contribution in [-0.4, -0.2) is 26.4 Å². The Morgan fingerprint density at radius 2 is 2.43 bits per heavy atom. The Morgan fingerprint density at radius 1 is 1.57 bits per heavy atom. The predicted molar refractivity (Wildman–Crippen MR) is 53.0 cm³/mol. The second kappa shape index (κ2) is 3.42. The summed E-state index contributed by atoms with van der Waals surface area (Å²) < 4.78 is 26.9. The minimum atomic E-state index is -3.00. The van der Waals surface area contributed by atoms with E-state index in [1.165, 1.54) is 5.41 Å². The number of sulfone groups is 1. The molecule has 1 atom stereocenters. The lowest BCUT2D eigenvalue weighted by Gasteiger charge is -1.96. The van der Waals surface area contributed by atoms with Crippen molar-refractivity contribution in [2.45, 2.75) is 6.04 Å². The van der Waals surface area contributed by atoms with Crippen molar-refractivity contribution in [1.82, 2.24) is 0 Å². The van der Waals surface area contributed by atoms with Gasteiger partial charge in [-0.2, -0.15) is 0 Å². The minimum Gasteiger partial charge on any atom is -0.472 e. The van der Waals surface area contributed by atoms with Crippen LogP contribution in [0.2, 0.25) is 0 Å². The van der Waals surface area contributed by atoms with Crippen LogP contribution in [0.1, 0.15) is 5.56 Å². The minimum absolute atomic E-state index is 0.0708. The lowest BCUT2D eigenvalue weighted by atomic mass is 10.3. The van der Waals surface area contributed by atoms with E-state index in [4.69, 9.17) is 4.42 Å². The molecule has 0 bridgehead atoms. The van der Waals surface area contributed by atoms with E-state index in [0.717, 1.165) is 5.56 Å². The van der Waals surface area contributed by atoms with Crippen LogP contribution < -0.4 is 0 Å². The molecule has 1 aliphatic heterocycles. The summed E-state index contributed by atoms with van der Waals surface area (Å²) in [4.78, 5) is 4.11. The van der Waals surface area contributed by atoms with Crippen LogP contribution in [0.25, 0.3) is 0 Å². The van der Waals surface area contributed by atoms with E-state index in [1.807, 2.05) is 0 Å². The van der Waals surface area contributed by atoms with Crippen LogP contribution in [0.4, 0.5) is 0 Å². The van der Waals surface area contributed by atoms with Gasteiger partial charge < -0.3 is 4.42 Å². The molecular formula is C9H9NO3S. The lowest BCUT2D eigenvalue weighted by molar-refractivity contribution is 0.567. The largest absolute Gasteiger partial charge is 0.472 e. The molecule has 0 saturated heterocycles. The molecular weight excluding hydrogens is 202 g/mol. The van der Waals surface area contributed by atoms with E-state index in [2.05, 4.69) is 4.99 Å². The summed E-state index contributed by atoms with van der Waals surface area (Å²) in [5.74, 6) is 0.0708. The summed E-state index contributed by atoms with van der Waals surface area (Å²) in [6, 6.07) is 1.51. The maximum atomic E-state index is 11.0. The van der Waals surface area contributed by atoms with Crippen LogP contribution in [0.3, 0.4) is 0 Å². The molecule has 0 fully saturated rings. The molecule has 1 aromatic rings. The standard InChI is InChI=1S/C9H9NO3S/c11-14(12)4-2-9(7-14)10-5-8-1-3-13-6-8/h1-6,9H,7H2/t9-/m1/s1. The Hall–Kier alpha value is -1.36. The zero-order chi connectivity index (χ0) is 10.0. The second-order valence-corrected chi connectivity index (χ2v) is 4.99. The van der Waals surface area contributed by atoms with Crippen molar-refractivity contribution in [3.05, 3.63) is 35.6 Å². The Balaban J connectivity index is 2.05. The van der Waals surface area contributed by atoms with Crippen molar-refractivity contribution in [2.24, 2.45) is 4.99 Å². The molecule has 74 valence electrons. The van der Waals surface area contributed by atoms with Crippen LogP contribution in [0.5, 0.6) is 0 Å². The van der Waals surface area contributed by atoms with Gasteiger partial charge in [-0.3, -0.25) is 4.99 Å². The molecule has 0 unspecified atom stereocenters. The zero-order valence-electron chi connectivity index (χ0n) is 7.33. The van der Waals surface area contributed by atoms with Crippen LogP contribution in [-0.2, 0) is 9.84 Å². The fraction of sp³-hybridized carbons (Fsp3) is 0.222. The summed E-state index contributed by atoms with van der Waals surface area (Å²) in [6.07, 6.45) is 6.30. The zero-order valence-corrected chi connectivity index (χ0v) is 8.15. The molecule has 2 rings (SSSR count). The van der Waals surface area contributed by atoms with Gasteiger partial charge in [-0.25, -0.2) is 8.42 Å². The summed E-state index contributed by atoms with van der Waals surface area (Å²) in [6.45, 7) is 0. The van der Waals surface area contributed by atoms with Crippen LogP contribution in [0.15, 0.2) is 39.5 Å².